The van der Waals surface area contributed by atoms with Gasteiger partial charge in [0, 0.05) is 16.3 Å². The summed E-state index contributed by atoms with van der Waals surface area (Å²) in [4.78, 5) is 28.4. The number of hydrogen-bond donors (Lipinski definition) is 1. The molecule has 0 aliphatic carbocycles. The number of hydrogen-bond acceptors (Lipinski definition) is 6. The lowest BCUT2D eigenvalue weighted by Crippen LogP contribution is -2.30. The van der Waals surface area contributed by atoms with E-state index < -0.39 is 17.7 Å². The zero-order valence-electron chi connectivity index (χ0n) is 22.2. The lowest BCUT2D eigenvalue weighted by molar-refractivity contribution is -0.132. The van der Waals surface area contributed by atoms with Crippen LogP contribution in [0.2, 0.25) is 5.02 Å². The predicted octanol–water partition coefficient (Wildman–Crippen LogP) is 6.39. The highest BCUT2D eigenvalue weighted by Gasteiger charge is 2.47. The van der Waals surface area contributed by atoms with Gasteiger partial charge in [-0.15, -0.1) is 0 Å². The maximum atomic E-state index is 13.5. The number of anilines is 1. The Kier molecular flexibility index (Phi) is 7.69. The third kappa shape index (κ3) is 4.94. The summed E-state index contributed by atoms with van der Waals surface area (Å²) in [6.07, 6.45) is -0.0236. The monoisotopic (exact) mass is 535 g/mol. The van der Waals surface area contributed by atoms with E-state index in [1.165, 1.54) is 19.1 Å². The van der Waals surface area contributed by atoms with E-state index in [9.17, 15) is 14.7 Å². The van der Waals surface area contributed by atoms with Crippen molar-refractivity contribution in [3.8, 4) is 17.2 Å². The molecule has 1 aliphatic rings. The van der Waals surface area contributed by atoms with E-state index in [-0.39, 0.29) is 17.4 Å². The quantitative estimate of drug-likeness (QED) is 0.214. The summed E-state index contributed by atoms with van der Waals surface area (Å²) >= 11 is 6.29. The Labute approximate surface area is 227 Å². The van der Waals surface area contributed by atoms with E-state index >= 15 is 0 Å². The van der Waals surface area contributed by atoms with Crippen LogP contribution in [-0.4, -0.2) is 37.1 Å². The largest absolute Gasteiger partial charge is 0.507 e. The molecule has 1 fully saturated rings. The van der Waals surface area contributed by atoms with Crippen molar-refractivity contribution in [2.24, 2.45) is 0 Å². The molecule has 1 saturated heterocycles. The molecular weight excluding hydrogens is 506 g/mol. The fourth-order valence-electron chi connectivity index (χ4n) is 4.60. The normalized spacial score (nSPS) is 16.7. The molecular formula is C30H30ClNO6. The molecule has 1 N–H and O–H groups in total. The Bertz CT molecular complexity index is 1440. The summed E-state index contributed by atoms with van der Waals surface area (Å²) in [6, 6.07) is 14.5. The Hall–Kier alpha value is -3.97. The minimum atomic E-state index is -0.945. The van der Waals surface area contributed by atoms with Gasteiger partial charge >= 0.3 is 0 Å². The second-order valence-electron chi connectivity index (χ2n) is 9.36. The van der Waals surface area contributed by atoms with Crippen LogP contribution >= 0.6 is 11.6 Å². The first-order valence-electron chi connectivity index (χ1n) is 12.1. The molecule has 0 spiro atoms. The Morgan fingerprint density at radius 3 is 2.21 bits per heavy atom. The Morgan fingerprint density at radius 2 is 1.58 bits per heavy atom. The van der Waals surface area contributed by atoms with Gasteiger partial charge in [-0.25, -0.2) is 0 Å². The number of halogens is 1. The molecule has 0 bridgehead atoms. The number of carbonyl (C=O) groups excluding carboxylic acids is 2. The molecule has 0 saturated carbocycles. The van der Waals surface area contributed by atoms with Crippen LogP contribution in [-0.2, 0) is 9.59 Å². The molecule has 0 radical (unpaired) electrons. The molecule has 3 aromatic rings. The van der Waals surface area contributed by atoms with Crippen molar-refractivity contribution in [2.75, 3.05) is 19.1 Å². The van der Waals surface area contributed by atoms with Crippen LogP contribution in [0.1, 0.15) is 42.1 Å². The number of aliphatic hydroxyl groups excluding tert-OH is 1. The van der Waals surface area contributed by atoms with Gasteiger partial charge < -0.3 is 19.3 Å². The molecule has 198 valence electrons. The van der Waals surface area contributed by atoms with Gasteiger partial charge in [0.1, 0.15) is 11.5 Å². The Morgan fingerprint density at radius 1 is 0.895 bits per heavy atom. The fraction of sp³-hybridized carbons (Fsp3) is 0.267. The molecule has 0 aromatic heterocycles. The first-order chi connectivity index (χ1) is 18.1. The number of benzene rings is 3. The number of Topliss-reactive ketones (excluding diaryl/α,β-unsaturated/α-hetero) is 1. The summed E-state index contributed by atoms with van der Waals surface area (Å²) < 4.78 is 16.7. The lowest BCUT2D eigenvalue weighted by Gasteiger charge is -2.27. The van der Waals surface area contributed by atoms with Gasteiger partial charge in [-0.05, 0) is 86.8 Å². The topological polar surface area (TPSA) is 85.3 Å². The molecule has 1 amide bonds. The highest BCUT2D eigenvalue weighted by atomic mass is 35.5. The van der Waals surface area contributed by atoms with Crippen LogP contribution in [0, 0.1) is 13.8 Å². The van der Waals surface area contributed by atoms with Gasteiger partial charge in [0.15, 0.2) is 11.5 Å². The van der Waals surface area contributed by atoms with E-state index in [0.717, 1.165) is 11.1 Å². The summed E-state index contributed by atoms with van der Waals surface area (Å²) in [7, 11) is 3.02. The summed E-state index contributed by atoms with van der Waals surface area (Å²) in [5.74, 6) is -0.282. The minimum Gasteiger partial charge on any atom is -0.507 e. The number of aryl methyl sites for hydroxylation is 2. The highest BCUT2D eigenvalue weighted by Crippen LogP contribution is 2.45. The van der Waals surface area contributed by atoms with Crippen molar-refractivity contribution in [3.63, 3.8) is 0 Å². The van der Waals surface area contributed by atoms with Gasteiger partial charge in [-0.2, -0.15) is 0 Å². The van der Waals surface area contributed by atoms with Gasteiger partial charge in [0.25, 0.3) is 11.7 Å². The van der Waals surface area contributed by atoms with Crippen LogP contribution in [0.25, 0.3) is 5.76 Å². The van der Waals surface area contributed by atoms with Crippen LogP contribution in [0.5, 0.6) is 17.2 Å². The lowest BCUT2D eigenvalue weighted by atomic mass is 9.94. The van der Waals surface area contributed by atoms with Crippen molar-refractivity contribution in [2.45, 2.75) is 39.8 Å². The molecule has 1 aliphatic heterocycles. The number of amides is 1. The van der Waals surface area contributed by atoms with Gasteiger partial charge in [-0.1, -0.05) is 23.7 Å². The van der Waals surface area contributed by atoms with E-state index in [2.05, 4.69) is 0 Å². The molecule has 1 heterocycles. The van der Waals surface area contributed by atoms with Crippen LogP contribution in [0.15, 0.2) is 60.2 Å². The zero-order valence-corrected chi connectivity index (χ0v) is 22.9. The summed E-state index contributed by atoms with van der Waals surface area (Å²) in [6.45, 7) is 7.53. The van der Waals surface area contributed by atoms with Gasteiger partial charge in [-0.3, -0.25) is 14.5 Å². The van der Waals surface area contributed by atoms with Crippen LogP contribution < -0.4 is 19.1 Å². The number of aliphatic hydroxyl groups is 1. The molecule has 1 atom stereocenters. The maximum absolute atomic E-state index is 13.5. The molecule has 38 heavy (non-hydrogen) atoms. The number of ether oxygens (including phenoxy) is 3. The number of methoxy groups -OCH3 is 2. The highest BCUT2D eigenvalue weighted by molar-refractivity contribution is 6.52. The maximum Gasteiger partial charge on any atom is 0.300 e. The van der Waals surface area contributed by atoms with Crippen LogP contribution in [0.3, 0.4) is 0 Å². The zero-order chi connectivity index (χ0) is 27.7. The second kappa shape index (κ2) is 10.8. The minimum absolute atomic E-state index is 0.0236. The smallest absolute Gasteiger partial charge is 0.300 e. The molecule has 7 nitrogen and oxygen atoms in total. The SMILES string of the molecule is COc1ccc(C2/C(=C(\O)c3ccc(OC(C)C)c(C)c3)C(=O)C(=O)N2c2cc(Cl)ccc2C)cc1OC. The third-order valence-electron chi connectivity index (χ3n) is 6.41. The average Bonchev–Trinajstić information content (AvgIpc) is 3.15. The summed E-state index contributed by atoms with van der Waals surface area (Å²) in [5.41, 5.74) is 2.90. The fourth-order valence-corrected chi connectivity index (χ4v) is 4.77. The standard InChI is InChI=1S/C30H30ClNO6/c1-16(2)38-23-11-9-20(13-18(23)4)28(33)26-27(19-8-12-24(36-5)25(14-19)37-6)32(30(35)29(26)34)22-15-21(31)10-7-17(22)3/h7-16,27,33H,1-6H3/b28-26+. The van der Waals surface area contributed by atoms with Crippen molar-refractivity contribution < 1.29 is 28.9 Å². The van der Waals surface area contributed by atoms with E-state index in [4.69, 9.17) is 25.8 Å². The number of ketones is 1. The number of nitrogens with zero attached hydrogens (tertiary/aromatic N) is 1. The third-order valence-corrected chi connectivity index (χ3v) is 6.64. The number of rotatable bonds is 7. The molecule has 1 unspecified atom stereocenters. The van der Waals surface area contributed by atoms with Gasteiger partial charge in [0.05, 0.1) is 31.9 Å². The first-order valence-corrected chi connectivity index (χ1v) is 12.5. The van der Waals surface area contributed by atoms with Crippen molar-refractivity contribution >= 4 is 34.7 Å². The van der Waals surface area contributed by atoms with Crippen molar-refractivity contribution in [1.29, 1.82) is 0 Å². The van der Waals surface area contributed by atoms with E-state index in [0.29, 0.717) is 39.1 Å². The van der Waals surface area contributed by atoms with Gasteiger partial charge in [0.2, 0.25) is 0 Å². The average molecular weight is 536 g/mol. The van der Waals surface area contributed by atoms with Crippen molar-refractivity contribution in [3.05, 3.63) is 87.4 Å². The second-order valence-corrected chi connectivity index (χ2v) is 9.80. The van der Waals surface area contributed by atoms with Crippen LogP contribution in [0.4, 0.5) is 5.69 Å². The predicted molar refractivity (Wildman–Crippen MR) is 147 cm³/mol. The molecule has 8 heteroatoms. The number of carbonyl (C=O) groups is 2. The molecule has 4 rings (SSSR count). The van der Waals surface area contributed by atoms with E-state index in [1.54, 1.807) is 54.6 Å². The molecule has 3 aromatic carbocycles. The van der Waals surface area contributed by atoms with Crippen molar-refractivity contribution in [1.82, 2.24) is 0 Å². The summed E-state index contributed by atoms with van der Waals surface area (Å²) in [5, 5.41) is 11.9. The van der Waals surface area contributed by atoms with E-state index in [1.807, 2.05) is 27.7 Å². The Balaban J connectivity index is 1.96. The first kappa shape index (κ1) is 27.1.